The summed E-state index contributed by atoms with van der Waals surface area (Å²) in [4.78, 5) is 0. The fourth-order valence-electron chi connectivity index (χ4n) is 2.59. The Bertz CT molecular complexity index is 999. The molecule has 0 aliphatic carbocycles. The summed E-state index contributed by atoms with van der Waals surface area (Å²) in [5.41, 5.74) is 2.69. The monoisotopic (exact) mass is 350 g/mol. The van der Waals surface area contributed by atoms with Crippen LogP contribution in [0, 0.1) is 5.82 Å². The zero-order valence-electron chi connectivity index (χ0n) is 13.5. The van der Waals surface area contributed by atoms with E-state index in [0.29, 0.717) is 11.5 Å². The van der Waals surface area contributed by atoms with Crippen molar-refractivity contribution in [1.82, 2.24) is 19.8 Å². The molecule has 2 aromatic carbocycles. The SMILES string of the molecule is CC(Sc1ccc2nnc(-c3ccc(F)cc3)n2n1)c1ccccc1. The quantitative estimate of drug-likeness (QED) is 0.497. The van der Waals surface area contributed by atoms with Gasteiger partial charge in [0, 0.05) is 10.8 Å². The second-order valence-corrected chi connectivity index (χ2v) is 7.00. The van der Waals surface area contributed by atoms with Crippen LogP contribution < -0.4 is 0 Å². The average molecular weight is 350 g/mol. The van der Waals surface area contributed by atoms with Gasteiger partial charge < -0.3 is 0 Å². The second kappa shape index (κ2) is 6.64. The number of thioether (sulfide) groups is 1. The standard InChI is InChI=1S/C19H15FN4S/c1-13(14-5-3-2-4-6-14)25-18-12-11-17-21-22-19(24(17)23-18)15-7-9-16(20)10-8-15/h2-13H,1H3. The van der Waals surface area contributed by atoms with Crippen molar-refractivity contribution >= 4 is 17.4 Å². The first-order valence-electron chi connectivity index (χ1n) is 7.91. The number of nitrogens with zero attached hydrogens (tertiary/aromatic N) is 4. The Morgan fingerprint density at radius 3 is 2.44 bits per heavy atom. The topological polar surface area (TPSA) is 43.1 Å². The molecule has 2 aromatic heterocycles. The minimum Gasteiger partial charge on any atom is -0.207 e. The lowest BCUT2D eigenvalue weighted by atomic mass is 10.2. The molecule has 1 unspecified atom stereocenters. The third-order valence-electron chi connectivity index (χ3n) is 3.91. The molecule has 6 heteroatoms. The molecule has 4 aromatic rings. The van der Waals surface area contributed by atoms with Gasteiger partial charge in [-0.25, -0.2) is 4.39 Å². The van der Waals surface area contributed by atoms with Crippen LogP contribution in [0.3, 0.4) is 0 Å². The van der Waals surface area contributed by atoms with Crippen LogP contribution in [-0.4, -0.2) is 19.8 Å². The average Bonchev–Trinajstić information content (AvgIpc) is 3.06. The van der Waals surface area contributed by atoms with E-state index in [0.717, 1.165) is 10.6 Å². The van der Waals surface area contributed by atoms with Crippen LogP contribution in [0.4, 0.5) is 4.39 Å². The summed E-state index contributed by atoms with van der Waals surface area (Å²) in [5, 5.41) is 14.2. The van der Waals surface area contributed by atoms with Crippen molar-refractivity contribution in [2.45, 2.75) is 17.2 Å². The molecule has 2 heterocycles. The van der Waals surface area contributed by atoms with Gasteiger partial charge in [0.15, 0.2) is 11.5 Å². The van der Waals surface area contributed by atoms with Crippen molar-refractivity contribution in [1.29, 1.82) is 0 Å². The molecule has 0 saturated heterocycles. The Kier molecular flexibility index (Phi) is 4.19. The van der Waals surface area contributed by atoms with Gasteiger partial charge in [-0.15, -0.1) is 10.2 Å². The van der Waals surface area contributed by atoms with Crippen LogP contribution in [0.1, 0.15) is 17.7 Å². The lowest BCUT2D eigenvalue weighted by Crippen LogP contribution is -1.98. The first-order chi connectivity index (χ1) is 12.2. The molecule has 0 saturated carbocycles. The summed E-state index contributed by atoms with van der Waals surface area (Å²) in [6, 6.07) is 20.3. The fourth-order valence-corrected chi connectivity index (χ4v) is 3.52. The zero-order chi connectivity index (χ0) is 17.2. The molecular weight excluding hydrogens is 335 g/mol. The first-order valence-corrected chi connectivity index (χ1v) is 8.79. The van der Waals surface area contributed by atoms with Crippen LogP contribution >= 0.6 is 11.8 Å². The molecule has 4 nitrogen and oxygen atoms in total. The summed E-state index contributed by atoms with van der Waals surface area (Å²) >= 11 is 1.67. The van der Waals surface area contributed by atoms with Gasteiger partial charge in [-0.05, 0) is 48.9 Å². The molecule has 0 radical (unpaired) electrons. The fraction of sp³-hybridized carbons (Fsp3) is 0.105. The molecule has 124 valence electrons. The third kappa shape index (κ3) is 3.25. The number of hydrogen-bond acceptors (Lipinski definition) is 4. The minimum absolute atomic E-state index is 0.275. The van der Waals surface area contributed by atoms with Crippen LogP contribution in [0.2, 0.25) is 0 Å². The molecule has 0 aliphatic heterocycles. The lowest BCUT2D eigenvalue weighted by Gasteiger charge is -2.11. The van der Waals surface area contributed by atoms with E-state index in [-0.39, 0.29) is 11.1 Å². The van der Waals surface area contributed by atoms with Crippen LogP contribution in [0.5, 0.6) is 0 Å². The molecular formula is C19H15FN4S. The van der Waals surface area contributed by atoms with Gasteiger partial charge >= 0.3 is 0 Å². The van der Waals surface area contributed by atoms with Crippen molar-refractivity contribution in [2.75, 3.05) is 0 Å². The van der Waals surface area contributed by atoms with Crippen LogP contribution in [0.25, 0.3) is 17.0 Å². The Hall–Kier alpha value is -2.73. The Labute approximate surface area is 148 Å². The zero-order valence-corrected chi connectivity index (χ0v) is 14.3. The smallest absolute Gasteiger partial charge is 0.185 e. The summed E-state index contributed by atoms with van der Waals surface area (Å²) in [6.07, 6.45) is 0. The molecule has 0 amide bonds. The Morgan fingerprint density at radius 1 is 0.920 bits per heavy atom. The Balaban J connectivity index is 1.67. The predicted molar refractivity (Wildman–Crippen MR) is 96.9 cm³/mol. The van der Waals surface area contributed by atoms with Crippen molar-refractivity contribution in [3.05, 3.63) is 78.1 Å². The largest absolute Gasteiger partial charge is 0.207 e. The molecule has 0 aliphatic rings. The number of aromatic nitrogens is 4. The van der Waals surface area contributed by atoms with Crippen molar-refractivity contribution < 1.29 is 4.39 Å². The number of benzene rings is 2. The Morgan fingerprint density at radius 2 is 1.68 bits per heavy atom. The van der Waals surface area contributed by atoms with E-state index in [1.165, 1.54) is 17.7 Å². The van der Waals surface area contributed by atoms with E-state index < -0.39 is 0 Å². The highest BCUT2D eigenvalue weighted by molar-refractivity contribution is 7.99. The van der Waals surface area contributed by atoms with Gasteiger partial charge in [-0.3, -0.25) is 0 Å². The van der Waals surface area contributed by atoms with Gasteiger partial charge in [0.05, 0.1) is 0 Å². The van der Waals surface area contributed by atoms with Crippen molar-refractivity contribution in [3.63, 3.8) is 0 Å². The maximum Gasteiger partial charge on any atom is 0.185 e. The number of hydrogen-bond donors (Lipinski definition) is 0. The first kappa shape index (κ1) is 15.8. The number of fused-ring (bicyclic) bond motifs is 1. The molecule has 25 heavy (non-hydrogen) atoms. The molecule has 0 spiro atoms. The third-order valence-corrected chi connectivity index (χ3v) is 4.99. The summed E-state index contributed by atoms with van der Waals surface area (Å²) in [5.74, 6) is 0.322. The van der Waals surface area contributed by atoms with E-state index in [9.17, 15) is 4.39 Å². The van der Waals surface area contributed by atoms with Crippen LogP contribution in [0.15, 0.2) is 71.8 Å². The number of halogens is 1. The van der Waals surface area contributed by atoms with Gasteiger partial charge in [-0.2, -0.15) is 9.61 Å². The predicted octanol–water partition coefficient (Wildman–Crippen LogP) is 4.78. The molecule has 4 rings (SSSR count). The lowest BCUT2D eigenvalue weighted by molar-refractivity contribution is 0.628. The van der Waals surface area contributed by atoms with E-state index in [1.807, 2.05) is 30.3 Å². The molecule has 1 atom stereocenters. The van der Waals surface area contributed by atoms with E-state index in [4.69, 9.17) is 0 Å². The van der Waals surface area contributed by atoms with E-state index in [2.05, 4.69) is 34.4 Å². The highest BCUT2D eigenvalue weighted by atomic mass is 32.2. The molecule has 0 N–H and O–H groups in total. The van der Waals surface area contributed by atoms with Crippen LogP contribution in [-0.2, 0) is 0 Å². The van der Waals surface area contributed by atoms with Gasteiger partial charge in [0.1, 0.15) is 10.8 Å². The van der Waals surface area contributed by atoms with Gasteiger partial charge in [0.25, 0.3) is 0 Å². The van der Waals surface area contributed by atoms with E-state index >= 15 is 0 Å². The second-order valence-electron chi connectivity index (χ2n) is 5.64. The van der Waals surface area contributed by atoms with E-state index in [1.54, 1.807) is 28.4 Å². The maximum absolute atomic E-state index is 13.1. The summed E-state index contributed by atoms with van der Waals surface area (Å²) < 4.78 is 14.9. The molecule has 0 fully saturated rings. The van der Waals surface area contributed by atoms with Crippen molar-refractivity contribution in [3.8, 4) is 11.4 Å². The van der Waals surface area contributed by atoms with Crippen molar-refractivity contribution in [2.24, 2.45) is 0 Å². The maximum atomic E-state index is 13.1. The highest BCUT2D eigenvalue weighted by Gasteiger charge is 2.13. The van der Waals surface area contributed by atoms with Gasteiger partial charge in [-0.1, -0.05) is 42.1 Å². The van der Waals surface area contributed by atoms with Gasteiger partial charge in [0.2, 0.25) is 0 Å². The summed E-state index contributed by atoms with van der Waals surface area (Å²) in [6.45, 7) is 2.15. The normalized spacial score (nSPS) is 12.4. The minimum atomic E-state index is -0.279. The summed E-state index contributed by atoms with van der Waals surface area (Å²) in [7, 11) is 0. The number of rotatable bonds is 4. The molecule has 0 bridgehead atoms. The highest BCUT2D eigenvalue weighted by Crippen LogP contribution is 2.33.